The maximum Gasteiger partial charge on any atom is 0.194 e. The largest absolute Gasteiger partial charge is 0.373 e. The zero-order valence-electron chi connectivity index (χ0n) is 17.1. The number of aryl methyl sites for hydroxylation is 1. The highest BCUT2D eigenvalue weighted by molar-refractivity contribution is 14.0. The summed E-state index contributed by atoms with van der Waals surface area (Å²) in [5, 5.41) is 4.55. The molecule has 2 unspecified atom stereocenters. The summed E-state index contributed by atoms with van der Waals surface area (Å²) in [5.41, 5.74) is 1.36. The molecule has 29 heavy (non-hydrogen) atoms. The molecule has 0 bridgehead atoms. The normalized spacial score (nSPS) is 22.3. The van der Waals surface area contributed by atoms with Gasteiger partial charge in [0.1, 0.15) is 0 Å². The number of nitrogens with zero attached hydrogens (tertiary/aromatic N) is 4. The van der Waals surface area contributed by atoms with E-state index in [0.717, 1.165) is 50.3 Å². The third-order valence-electron chi connectivity index (χ3n) is 5.33. The number of guanidine groups is 1. The van der Waals surface area contributed by atoms with Crippen molar-refractivity contribution < 1.29 is 4.74 Å². The molecule has 1 aromatic heterocycles. The number of rotatable bonds is 5. The van der Waals surface area contributed by atoms with Gasteiger partial charge in [-0.15, -0.1) is 35.3 Å². The Labute approximate surface area is 194 Å². The first kappa shape index (κ1) is 22.5. The topological polar surface area (TPSA) is 53.0 Å². The smallest absolute Gasteiger partial charge is 0.194 e. The van der Waals surface area contributed by atoms with Crippen LogP contribution in [0.15, 0.2) is 41.5 Å². The summed E-state index contributed by atoms with van der Waals surface area (Å²) < 4.78 is 6.12. The number of ether oxygens (including phenoxy) is 1. The van der Waals surface area contributed by atoms with E-state index in [-0.39, 0.29) is 30.1 Å². The Kier molecular flexibility index (Phi) is 8.28. The van der Waals surface area contributed by atoms with E-state index >= 15 is 0 Å². The molecular formula is C21H30IN5OS. The fraction of sp³-hybridized carbons (Fsp3) is 0.524. The quantitative estimate of drug-likeness (QED) is 0.368. The average Bonchev–Trinajstić information content (AvgIpc) is 3.32. The molecule has 2 saturated heterocycles. The lowest BCUT2D eigenvalue weighted by atomic mass is 10.1. The van der Waals surface area contributed by atoms with Gasteiger partial charge in [0.2, 0.25) is 0 Å². The van der Waals surface area contributed by atoms with E-state index in [1.807, 2.05) is 13.1 Å². The van der Waals surface area contributed by atoms with Crippen LogP contribution in [0.4, 0.5) is 0 Å². The van der Waals surface area contributed by atoms with Crippen LogP contribution in [0, 0.1) is 6.92 Å². The molecule has 1 N–H and O–H groups in total. The molecule has 2 aliphatic rings. The number of likely N-dealkylation sites (tertiary alicyclic amines) is 1. The summed E-state index contributed by atoms with van der Waals surface area (Å²) in [6.07, 6.45) is 2.17. The first-order valence-corrected chi connectivity index (χ1v) is 10.9. The minimum Gasteiger partial charge on any atom is -0.373 e. The Morgan fingerprint density at radius 1 is 1.31 bits per heavy atom. The molecule has 3 heterocycles. The van der Waals surface area contributed by atoms with Gasteiger partial charge in [0.25, 0.3) is 0 Å². The molecule has 1 aromatic carbocycles. The molecule has 2 atom stereocenters. The number of aliphatic imine (C=N–C) groups is 1. The fourth-order valence-corrected chi connectivity index (χ4v) is 4.72. The highest BCUT2D eigenvalue weighted by Crippen LogP contribution is 2.25. The molecule has 2 aromatic rings. The van der Waals surface area contributed by atoms with Crippen molar-refractivity contribution >= 4 is 41.3 Å². The van der Waals surface area contributed by atoms with Crippen molar-refractivity contribution in [2.24, 2.45) is 4.99 Å². The number of hydrogen-bond donors (Lipinski definition) is 1. The summed E-state index contributed by atoms with van der Waals surface area (Å²) in [4.78, 5) is 15.3. The molecule has 2 aliphatic heterocycles. The van der Waals surface area contributed by atoms with Crippen LogP contribution in [0.1, 0.15) is 22.4 Å². The molecule has 0 spiro atoms. The summed E-state index contributed by atoms with van der Waals surface area (Å²) in [7, 11) is 0. The third kappa shape index (κ3) is 5.68. The lowest BCUT2D eigenvalue weighted by Gasteiger charge is -2.36. The monoisotopic (exact) mass is 527 g/mol. The van der Waals surface area contributed by atoms with Crippen LogP contribution in [0.5, 0.6) is 0 Å². The summed E-state index contributed by atoms with van der Waals surface area (Å²) in [5.74, 6) is 0.978. The van der Waals surface area contributed by atoms with Gasteiger partial charge >= 0.3 is 0 Å². The van der Waals surface area contributed by atoms with Crippen LogP contribution < -0.4 is 5.32 Å². The van der Waals surface area contributed by atoms with E-state index in [1.54, 1.807) is 11.3 Å². The van der Waals surface area contributed by atoms with Crippen molar-refractivity contribution in [1.82, 2.24) is 20.1 Å². The van der Waals surface area contributed by atoms with Crippen molar-refractivity contribution in [3.63, 3.8) is 0 Å². The summed E-state index contributed by atoms with van der Waals surface area (Å²) in [6.45, 7) is 10.3. The number of benzene rings is 1. The molecular weight excluding hydrogens is 497 g/mol. The van der Waals surface area contributed by atoms with E-state index in [9.17, 15) is 0 Å². The van der Waals surface area contributed by atoms with E-state index in [1.165, 1.54) is 10.4 Å². The SMILES string of the molecule is CCNC(=NCc1cnc(C)s1)N1CC2OCCN(Cc3ccccc3)C2C1.I. The second-order valence-corrected chi connectivity index (χ2v) is 8.67. The molecule has 0 amide bonds. The van der Waals surface area contributed by atoms with Crippen molar-refractivity contribution in [3.05, 3.63) is 52.0 Å². The minimum absolute atomic E-state index is 0. The highest BCUT2D eigenvalue weighted by Gasteiger charge is 2.41. The molecule has 0 aliphatic carbocycles. The number of halogens is 1. The molecule has 0 radical (unpaired) electrons. The van der Waals surface area contributed by atoms with Gasteiger partial charge in [-0.25, -0.2) is 9.98 Å². The van der Waals surface area contributed by atoms with Crippen molar-refractivity contribution in [2.75, 3.05) is 32.8 Å². The van der Waals surface area contributed by atoms with Crippen molar-refractivity contribution in [3.8, 4) is 0 Å². The number of aromatic nitrogens is 1. The standard InChI is InChI=1S/C21H29N5OS.HI/c1-3-22-21(24-12-18-11-23-16(2)28-18)26-14-19-20(15-26)27-10-9-25(19)13-17-7-5-4-6-8-17;/h4-8,11,19-20H,3,9-10,12-15H2,1-2H3,(H,22,24);1H. The van der Waals surface area contributed by atoms with Gasteiger partial charge in [0.15, 0.2) is 5.96 Å². The van der Waals surface area contributed by atoms with Crippen molar-refractivity contribution in [2.45, 2.75) is 39.1 Å². The second-order valence-electron chi connectivity index (χ2n) is 7.35. The average molecular weight is 527 g/mol. The van der Waals surface area contributed by atoms with Crippen LogP contribution in [-0.4, -0.2) is 65.7 Å². The molecule has 0 saturated carbocycles. The van der Waals surface area contributed by atoms with Gasteiger partial charge in [-0.3, -0.25) is 4.90 Å². The maximum absolute atomic E-state index is 6.12. The lowest BCUT2D eigenvalue weighted by molar-refractivity contribution is -0.0502. The van der Waals surface area contributed by atoms with Gasteiger partial charge in [-0.2, -0.15) is 0 Å². The fourth-order valence-electron chi connectivity index (χ4n) is 4.00. The number of thiazole rings is 1. The predicted octanol–water partition coefficient (Wildman–Crippen LogP) is 3.12. The first-order valence-electron chi connectivity index (χ1n) is 10.1. The predicted molar refractivity (Wildman–Crippen MR) is 129 cm³/mol. The number of morpholine rings is 1. The molecule has 158 valence electrons. The van der Waals surface area contributed by atoms with Crippen LogP contribution >= 0.6 is 35.3 Å². The van der Waals surface area contributed by atoms with E-state index in [4.69, 9.17) is 9.73 Å². The summed E-state index contributed by atoms with van der Waals surface area (Å²) >= 11 is 1.71. The van der Waals surface area contributed by atoms with Crippen LogP contribution in [-0.2, 0) is 17.8 Å². The van der Waals surface area contributed by atoms with Gasteiger partial charge < -0.3 is 15.0 Å². The Bertz CT molecular complexity index is 799. The number of hydrogen-bond acceptors (Lipinski definition) is 5. The molecule has 6 nitrogen and oxygen atoms in total. The minimum atomic E-state index is 0. The van der Waals surface area contributed by atoms with E-state index in [2.05, 4.69) is 57.4 Å². The second kappa shape index (κ2) is 10.7. The Hall–Kier alpha value is -1.23. The van der Waals surface area contributed by atoms with Crippen molar-refractivity contribution in [1.29, 1.82) is 0 Å². The highest BCUT2D eigenvalue weighted by atomic mass is 127. The lowest BCUT2D eigenvalue weighted by Crippen LogP contribution is -2.50. The third-order valence-corrected chi connectivity index (χ3v) is 6.23. The molecule has 8 heteroatoms. The van der Waals surface area contributed by atoms with E-state index < -0.39 is 0 Å². The van der Waals surface area contributed by atoms with Gasteiger partial charge in [0, 0.05) is 43.8 Å². The molecule has 4 rings (SSSR count). The van der Waals surface area contributed by atoms with Gasteiger partial charge in [0.05, 0.1) is 30.3 Å². The van der Waals surface area contributed by atoms with Gasteiger partial charge in [-0.05, 0) is 19.4 Å². The maximum atomic E-state index is 6.12. The number of nitrogens with one attached hydrogen (secondary N) is 1. The van der Waals surface area contributed by atoms with Crippen LogP contribution in [0.2, 0.25) is 0 Å². The van der Waals surface area contributed by atoms with E-state index in [0.29, 0.717) is 12.6 Å². The molecule has 2 fully saturated rings. The Morgan fingerprint density at radius 3 is 2.86 bits per heavy atom. The zero-order chi connectivity index (χ0) is 19.3. The zero-order valence-corrected chi connectivity index (χ0v) is 20.2. The summed E-state index contributed by atoms with van der Waals surface area (Å²) in [6, 6.07) is 11.1. The Morgan fingerprint density at radius 2 is 2.14 bits per heavy atom. The van der Waals surface area contributed by atoms with Gasteiger partial charge in [-0.1, -0.05) is 30.3 Å². The first-order chi connectivity index (χ1) is 13.7. The van der Waals surface area contributed by atoms with Crippen LogP contribution in [0.25, 0.3) is 0 Å². The Balaban J connectivity index is 0.00000240. The van der Waals surface area contributed by atoms with Crippen LogP contribution in [0.3, 0.4) is 0 Å². The number of fused-ring (bicyclic) bond motifs is 1.